The predicted octanol–water partition coefficient (Wildman–Crippen LogP) is 2.07. The van der Waals surface area contributed by atoms with Crippen LogP contribution >= 0.6 is 0 Å². The summed E-state index contributed by atoms with van der Waals surface area (Å²) >= 11 is 0. The van der Waals surface area contributed by atoms with Crippen LogP contribution in [0.15, 0.2) is 24.3 Å². The number of hydrogen-bond donors (Lipinski definition) is 2. The molecule has 1 aliphatic heterocycles. The molecule has 2 amide bonds. The van der Waals surface area contributed by atoms with E-state index in [1.165, 1.54) is 6.07 Å². The minimum absolute atomic E-state index is 0.317. The van der Waals surface area contributed by atoms with E-state index in [1.807, 2.05) is 5.32 Å². The molecule has 1 unspecified atom stereocenters. The topological polar surface area (TPSA) is 58.2 Å². The fourth-order valence-electron chi connectivity index (χ4n) is 1.98. The van der Waals surface area contributed by atoms with Crippen LogP contribution in [0.3, 0.4) is 0 Å². The molecule has 0 aliphatic carbocycles. The number of rotatable bonds is 1. The fraction of sp³-hybridized carbons (Fsp3) is 0.273. The normalized spacial score (nSPS) is 21.7. The van der Waals surface area contributed by atoms with Gasteiger partial charge in [0.25, 0.3) is 5.91 Å². The first-order valence-electron chi connectivity index (χ1n) is 5.37. The number of carbonyl (C=O) groups is 2. The summed E-state index contributed by atoms with van der Waals surface area (Å²) in [5, 5.41) is 2.59. The molecular formula is C11H6F6N2O2. The van der Waals surface area contributed by atoms with Crippen molar-refractivity contribution in [3.8, 4) is 0 Å². The van der Waals surface area contributed by atoms with Crippen LogP contribution in [-0.4, -0.2) is 24.2 Å². The summed E-state index contributed by atoms with van der Waals surface area (Å²) in [6.07, 6.45) is -11.0. The van der Waals surface area contributed by atoms with Gasteiger partial charge in [0.2, 0.25) is 5.54 Å². The molecule has 0 saturated carbocycles. The lowest BCUT2D eigenvalue weighted by Crippen LogP contribution is -2.62. The van der Waals surface area contributed by atoms with Crippen molar-refractivity contribution in [1.29, 1.82) is 0 Å². The zero-order chi connectivity index (χ0) is 16.1. The van der Waals surface area contributed by atoms with Crippen LogP contribution in [0.25, 0.3) is 0 Å². The van der Waals surface area contributed by atoms with Crippen molar-refractivity contribution < 1.29 is 35.9 Å². The Morgan fingerprint density at radius 1 is 1.10 bits per heavy atom. The Morgan fingerprint density at radius 2 is 1.67 bits per heavy atom. The Balaban J connectivity index is 2.60. The van der Waals surface area contributed by atoms with Crippen molar-refractivity contribution in [3.05, 3.63) is 29.8 Å². The Bertz CT molecular complexity index is 609. The van der Waals surface area contributed by atoms with Crippen LogP contribution in [0.5, 0.6) is 0 Å². The lowest BCUT2D eigenvalue weighted by atomic mass is 9.90. The van der Waals surface area contributed by atoms with E-state index in [0.717, 1.165) is 23.5 Å². The average molecular weight is 312 g/mol. The summed E-state index contributed by atoms with van der Waals surface area (Å²) in [4.78, 5) is 22.6. The van der Waals surface area contributed by atoms with E-state index < -0.39 is 35.3 Å². The number of anilines is 1. The zero-order valence-corrected chi connectivity index (χ0v) is 9.89. The molecule has 1 atom stereocenters. The third kappa shape index (κ3) is 2.20. The maximum absolute atomic E-state index is 13.3. The number of amides is 2. The SMILES string of the molecule is O=C(NC1(C(F)(F)F)C(=O)Nc2ccccc21)C(F)(F)F. The first kappa shape index (κ1) is 15.1. The molecule has 0 saturated heterocycles. The molecule has 0 bridgehead atoms. The van der Waals surface area contributed by atoms with E-state index in [0.29, 0.717) is 0 Å². The fourth-order valence-corrected chi connectivity index (χ4v) is 1.98. The maximum Gasteiger partial charge on any atom is 0.471 e. The molecule has 0 fully saturated rings. The van der Waals surface area contributed by atoms with Gasteiger partial charge in [0.15, 0.2) is 0 Å². The number of hydrogen-bond acceptors (Lipinski definition) is 2. The number of fused-ring (bicyclic) bond motifs is 1. The quantitative estimate of drug-likeness (QED) is 0.780. The lowest BCUT2D eigenvalue weighted by molar-refractivity contribution is -0.210. The molecule has 1 aromatic rings. The van der Waals surface area contributed by atoms with Gasteiger partial charge in [-0.05, 0) is 6.07 Å². The van der Waals surface area contributed by atoms with Gasteiger partial charge in [-0.2, -0.15) is 26.3 Å². The van der Waals surface area contributed by atoms with E-state index in [9.17, 15) is 35.9 Å². The molecule has 2 N–H and O–H groups in total. The largest absolute Gasteiger partial charge is 0.471 e. The first-order valence-corrected chi connectivity index (χ1v) is 5.37. The van der Waals surface area contributed by atoms with Crippen molar-refractivity contribution in [3.63, 3.8) is 0 Å². The van der Waals surface area contributed by atoms with Gasteiger partial charge >= 0.3 is 18.3 Å². The van der Waals surface area contributed by atoms with E-state index in [2.05, 4.69) is 0 Å². The Labute approximate surface area is 113 Å². The number of nitrogens with one attached hydrogen (secondary N) is 2. The summed E-state index contributed by atoms with van der Waals surface area (Å²) in [5.74, 6) is -4.65. The van der Waals surface area contributed by atoms with Gasteiger partial charge in [-0.3, -0.25) is 9.59 Å². The number of halogens is 6. The van der Waals surface area contributed by atoms with Gasteiger partial charge in [-0.1, -0.05) is 18.2 Å². The minimum atomic E-state index is -5.56. The minimum Gasteiger partial charge on any atom is -0.323 e. The van der Waals surface area contributed by atoms with E-state index in [1.54, 1.807) is 0 Å². The number of para-hydroxylation sites is 1. The number of carbonyl (C=O) groups excluding carboxylic acids is 2. The smallest absolute Gasteiger partial charge is 0.323 e. The highest BCUT2D eigenvalue weighted by atomic mass is 19.4. The van der Waals surface area contributed by atoms with Gasteiger partial charge in [-0.25, -0.2) is 0 Å². The number of benzene rings is 1. The summed E-state index contributed by atoms with van der Waals surface area (Å²) in [7, 11) is 0. The highest BCUT2D eigenvalue weighted by molar-refractivity contribution is 6.08. The lowest BCUT2D eigenvalue weighted by Gasteiger charge is -2.31. The molecule has 1 aromatic carbocycles. The second-order valence-electron chi connectivity index (χ2n) is 4.20. The maximum atomic E-state index is 13.3. The van der Waals surface area contributed by atoms with E-state index in [4.69, 9.17) is 0 Å². The van der Waals surface area contributed by atoms with Crippen LogP contribution < -0.4 is 10.6 Å². The van der Waals surface area contributed by atoms with Gasteiger partial charge in [0.05, 0.1) is 0 Å². The summed E-state index contributed by atoms with van der Waals surface area (Å²) < 4.78 is 76.5. The molecule has 0 aromatic heterocycles. The van der Waals surface area contributed by atoms with Gasteiger partial charge in [0, 0.05) is 11.3 Å². The Morgan fingerprint density at radius 3 is 2.19 bits per heavy atom. The number of alkyl halides is 6. The summed E-state index contributed by atoms with van der Waals surface area (Å²) in [5.41, 5.74) is -4.88. The second kappa shape index (κ2) is 4.37. The predicted molar refractivity (Wildman–Crippen MR) is 57.0 cm³/mol. The average Bonchev–Trinajstić information content (AvgIpc) is 2.61. The van der Waals surface area contributed by atoms with Crippen molar-refractivity contribution in [1.82, 2.24) is 5.32 Å². The summed E-state index contributed by atoms with van der Waals surface area (Å²) in [6.45, 7) is 0. The van der Waals surface area contributed by atoms with Crippen molar-refractivity contribution in [2.75, 3.05) is 5.32 Å². The van der Waals surface area contributed by atoms with Crippen molar-refractivity contribution >= 4 is 17.5 Å². The van der Waals surface area contributed by atoms with Crippen LogP contribution in [0.1, 0.15) is 5.56 Å². The van der Waals surface area contributed by atoms with Gasteiger partial charge in [0.1, 0.15) is 0 Å². The van der Waals surface area contributed by atoms with Crippen molar-refractivity contribution in [2.24, 2.45) is 0 Å². The van der Waals surface area contributed by atoms with Gasteiger partial charge < -0.3 is 10.6 Å². The monoisotopic (exact) mass is 312 g/mol. The highest BCUT2D eigenvalue weighted by Gasteiger charge is 2.67. The molecule has 114 valence electrons. The molecule has 0 spiro atoms. The van der Waals surface area contributed by atoms with E-state index >= 15 is 0 Å². The molecule has 0 radical (unpaired) electrons. The Hall–Kier alpha value is -2.26. The van der Waals surface area contributed by atoms with Gasteiger partial charge in [-0.15, -0.1) is 0 Å². The van der Waals surface area contributed by atoms with Crippen LogP contribution in [0, 0.1) is 0 Å². The standard InChI is InChI=1S/C11H6F6N2O2/c12-10(13,14)8(21)19-9(11(15,16)17)5-3-1-2-4-6(5)18-7(9)20/h1-4H,(H,18,20)(H,19,21). The molecule has 1 aliphatic rings. The highest BCUT2D eigenvalue weighted by Crippen LogP contribution is 2.47. The zero-order valence-electron chi connectivity index (χ0n) is 9.89. The van der Waals surface area contributed by atoms with Crippen LogP contribution in [0.2, 0.25) is 0 Å². The first-order chi connectivity index (χ1) is 9.50. The Kier molecular flexibility index (Phi) is 3.15. The molecular weight excluding hydrogens is 306 g/mol. The summed E-state index contributed by atoms with van der Waals surface area (Å²) in [6, 6.07) is 4.30. The van der Waals surface area contributed by atoms with Crippen LogP contribution in [-0.2, 0) is 15.1 Å². The molecule has 10 heteroatoms. The molecule has 1 heterocycles. The van der Waals surface area contributed by atoms with Crippen LogP contribution in [0.4, 0.5) is 32.0 Å². The molecule has 2 rings (SSSR count). The van der Waals surface area contributed by atoms with Crippen molar-refractivity contribution in [2.45, 2.75) is 17.9 Å². The second-order valence-corrected chi connectivity index (χ2v) is 4.20. The third-order valence-corrected chi connectivity index (χ3v) is 2.90. The van der Waals surface area contributed by atoms with E-state index in [-0.39, 0.29) is 5.69 Å². The third-order valence-electron chi connectivity index (χ3n) is 2.90. The molecule has 21 heavy (non-hydrogen) atoms. The molecule has 4 nitrogen and oxygen atoms in total.